The third kappa shape index (κ3) is 4.69. The number of hydrogen-bond donors (Lipinski definition) is 2. The van der Waals surface area contributed by atoms with Gasteiger partial charge in [-0.25, -0.2) is 4.98 Å². The van der Waals surface area contributed by atoms with E-state index in [-0.39, 0.29) is 0 Å². The quantitative estimate of drug-likeness (QED) is 0.763. The van der Waals surface area contributed by atoms with Gasteiger partial charge in [0.25, 0.3) is 0 Å². The molecule has 0 aromatic carbocycles. The van der Waals surface area contributed by atoms with Crippen LogP contribution in [0.25, 0.3) is 0 Å². The summed E-state index contributed by atoms with van der Waals surface area (Å²) in [6.45, 7) is 6.66. The van der Waals surface area contributed by atoms with E-state index in [1.54, 1.807) is 6.20 Å². The zero-order valence-corrected chi connectivity index (χ0v) is 11.6. The summed E-state index contributed by atoms with van der Waals surface area (Å²) in [5.41, 5.74) is 6.33. The largest absolute Gasteiger partial charge is 0.389 e. The summed E-state index contributed by atoms with van der Waals surface area (Å²) in [4.78, 5) is 4.68. The molecule has 17 heavy (non-hydrogen) atoms. The zero-order valence-electron chi connectivity index (χ0n) is 10.7. The number of hydrogen-bond acceptors (Lipinski definition) is 3. The van der Waals surface area contributed by atoms with Crippen molar-refractivity contribution in [1.29, 1.82) is 0 Å². The minimum atomic E-state index is 0.386. The minimum Gasteiger partial charge on any atom is -0.389 e. The van der Waals surface area contributed by atoms with Gasteiger partial charge < -0.3 is 11.1 Å². The number of nitrogens with zero attached hydrogens (tertiary/aromatic N) is 1. The van der Waals surface area contributed by atoms with Gasteiger partial charge in [-0.3, -0.25) is 0 Å². The number of aromatic nitrogens is 1. The first kappa shape index (κ1) is 13.9. The topological polar surface area (TPSA) is 50.9 Å². The molecule has 0 bridgehead atoms. The number of nitrogens with one attached hydrogen (secondary N) is 1. The lowest BCUT2D eigenvalue weighted by Crippen LogP contribution is -2.19. The Labute approximate surface area is 109 Å². The van der Waals surface area contributed by atoms with E-state index in [2.05, 4.69) is 31.1 Å². The van der Waals surface area contributed by atoms with Gasteiger partial charge in [0.2, 0.25) is 0 Å². The number of nitrogens with two attached hydrogens (primary N) is 1. The standard InChI is InChI=1S/C13H21N3S/c1-4-9(2)7-10(3)16-12-6-5-11(8-15-12)13(14)17/h5-6,8-10H,4,7H2,1-3H3,(H2,14,17)(H,15,16). The molecule has 0 radical (unpaired) electrons. The van der Waals surface area contributed by atoms with Crippen molar-refractivity contribution >= 4 is 23.0 Å². The Morgan fingerprint density at radius 2 is 2.18 bits per heavy atom. The molecule has 2 unspecified atom stereocenters. The molecule has 1 heterocycles. The predicted molar refractivity (Wildman–Crippen MR) is 77.3 cm³/mol. The monoisotopic (exact) mass is 251 g/mol. The third-order valence-electron chi connectivity index (χ3n) is 2.90. The molecule has 0 spiro atoms. The van der Waals surface area contributed by atoms with Gasteiger partial charge in [-0.05, 0) is 31.4 Å². The summed E-state index contributed by atoms with van der Waals surface area (Å²) in [6.07, 6.45) is 4.07. The highest BCUT2D eigenvalue weighted by molar-refractivity contribution is 7.80. The van der Waals surface area contributed by atoms with Crippen molar-refractivity contribution in [3.05, 3.63) is 23.9 Å². The molecule has 1 aromatic heterocycles. The first-order valence-corrected chi connectivity index (χ1v) is 6.46. The fourth-order valence-corrected chi connectivity index (χ4v) is 1.83. The normalized spacial score (nSPS) is 14.1. The highest BCUT2D eigenvalue weighted by atomic mass is 32.1. The van der Waals surface area contributed by atoms with E-state index in [0.29, 0.717) is 11.0 Å². The number of pyridine rings is 1. The second-order valence-corrected chi connectivity index (χ2v) is 5.03. The maximum absolute atomic E-state index is 5.52. The Morgan fingerprint density at radius 3 is 2.65 bits per heavy atom. The van der Waals surface area contributed by atoms with E-state index in [1.165, 1.54) is 6.42 Å². The van der Waals surface area contributed by atoms with Crippen LogP contribution in [0.1, 0.15) is 39.2 Å². The van der Waals surface area contributed by atoms with E-state index in [4.69, 9.17) is 18.0 Å². The summed E-state index contributed by atoms with van der Waals surface area (Å²) in [7, 11) is 0. The summed E-state index contributed by atoms with van der Waals surface area (Å²) >= 11 is 4.88. The molecular weight excluding hydrogens is 230 g/mol. The van der Waals surface area contributed by atoms with Gasteiger partial charge in [0.05, 0.1) is 0 Å². The Bertz CT molecular complexity index is 361. The Kier molecular flexibility index (Phi) is 5.35. The maximum Gasteiger partial charge on any atom is 0.126 e. The van der Waals surface area contributed by atoms with Gasteiger partial charge in [0, 0.05) is 17.8 Å². The lowest BCUT2D eigenvalue weighted by Gasteiger charge is -2.18. The van der Waals surface area contributed by atoms with Crippen molar-refractivity contribution in [1.82, 2.24) is 4.98 Å². The van der Waals surface area contributed by atoms with E-state index in [0.717, 1.165) is 23.7 Å². The van der Waals surface area contributed by atoms with Crippen molar-refractivity contribution < 1.29 is 0 Å². The summed E-state index contributed by atoms with van der Waals surface area (Å²) in [6, 6.07) is 4.24. The number of anilines is 1. The molecule has 2 atom stereocenters. The van der Waals surface area contributed by atoms with Gasteiger partial charge in [-0.15, -0.1) is 0 Å². The van der Waals surface area contributed by atoms with Crippen LogP contribution in [0.5, 0.6) is 0 Å². The smallest absolute Gasteiger partial charge is 0.126 e. The van der Waals surface area contributed by atoms with Gasteiger partial charge in [0.15, 0.2) is 0 Å². The van der Waals surface area contributed by atoms with Crippen LogP contribution >= 0.6 is 12.2 Å². The van der Waals surface area contributed by atoms with Crippen LogP contribution in [-0.2, 0) is 0 Å². The van der Waals surface area contributed by atoms with Gasteiger partial charge in [0.1, 0.15) is 10.8 Å². The molecule has 0 aliphatic carbocycles. The van der Waals surface area contributed by atoms with Gasteiger partial charge >= 0.3 is 0 Å². The molecule has 3 nitrogen and oxygen atoms in total. The van der Waals surface area contributed by atoms with Crippen LogP contribution in [0.4, 0.5) is 5.82 Å². The molecule has 94 valence electrons. The zero-order chi connectivity index (χ0) is 12.8. The van der Waals surface area contributed by atoms with Crippen molar-refractivity contribution in [2.45, 2.75) is 39.7 Å². The molecule has 0 aliphatic heterocycles. The molecule has 0 saturated carbocycles. The van der Waals surface area contributed by atoms with Crippen molar-refractivity contribution in [3.63, 3.8) is 0 Å². The Balaban J connectivity index is 2.54. The van der Waals surface area contributed by atoms with Crippen LogP contribution < -0.4 is 11.1 Å². The Hall–Kier alpha value is -1.16. The lowest BCUT2D eigenvalue weighted by atomic mass is 10.0. The molecule has 1 rings (SSSR count). The van der Waals surface area contributed by atoms with Crippen LogP contribution in [0.2, 0.25) is 0 Å². The molecule has 0 saturated heterocycles. The van der Waals surface area contributed by atoms with Crippen molar-refractivity contribution in [2.24, 2.45) is 11.7 Å². The fraction of sp³-hybridized carbons (Fsp3) is 0.538. The highest BCUT2D eigenvalue weighted by Crippen LogP contribution is 2.13. The SMILES string of the molecule is CCC(C)CC(C)Nc1ccc(C(N)=S)cn1. The van der Waals surface area contributed by atoms with E-state index in [9.17, 15) is 0 Å². The number of rotatable bonds is 6. The third-order valence-corrected chi connectivity index (χ3v) is 3.13. The molecule has 1 aromatic rings. The van der Waals surface area contributed by atoms with Crippen molar-refractivity contribution in [2.75, 3.05) is 5.32 Å². The average molecular weight is 251 g/mol. The van der Waals surface area contributed by atoms with E-state index >= 15 is 0 Å². The minimum absolute atomic E-state index is 0.386. The van der Waals surface area contributed by atoms with Crippen LogP contribution in [0.15, 0.2) is 18.3 Å². The first-order chi connectivity index (χ1) is 8.02. The Morgan fingerprint density at radius 1 is 1.47 bits per heavy atom. The molecule has 3 N–H and O–H groups in total. The highest BCUT2D eigenvalue weighted by Gasteiger charge is 2.07. The second kappa shape index (κ2) is 6.55. The molecule has 0 fully saturated rings. The average Bonchev–Trinajstić information content (AvgIpc) is 2.29. The van der Waals surface area contributed by atoms with E-state index in [1.807, 2.05) is 12.1 Å². The number of thiocarbonyl (C=S) groups is 1. The molecule has 0 aliphatic rings. The fourth-order valence-electron chi connectivity index (χ4n) is 1.71. The van der Waals surface area contributed by atoms with Crippen LogP contribution in [0, 0.1) is 5.92 Å². The van der Waals surface area contributed by atoms with E-state index < -0.39 is 0 Å². The van der Waals surface area contributed by atoms with Gasteiger partial charge in [-0.1, -0.05) is 32.5 Å². The molecular formula is C13H21N3S. The predicted octanol–water partition coefficient (Wildman–Crippen LogP) is 2.95. The molecule has 0 amide bonds. The van der Waals surface area contributed by atoms with Crippen LogP contribution in [0.3, 0.4) is 0 Å². The summed E-state index contributed by atoms with van der Waals surface area (Å²) in [5, 5.41) is 3.38. The first-order valence-electron chi connectivity index (χ1n) is 6.05. The maximum atomic E-state index is 5.52. The van der Waals surface area contributed by atoms with Crippen molar-refractivity contribution in [3.8, 4) is 0 Å². The van der Waals surface area contributed by atoms with Gasteiger partial charge in [-0.2, -0.15) is 0 Å². The molecule has 4 heteroatoms. The second-order valence-electron chi connectivity index (χ2n) is 4.59. The van der Waals surface area contributed by atoms with Crippen LogP contribution in [-0.4, -0.2) is 16.0 Å². The summed E-state index contributed by atoms with van der Waals surface area (Å²) in [5.74, 6) is 1.61. The summed E-state index contributed by atoms with van der Waals surface area (Å²) < 4.78 is 0. The lowest BCUT2D eigenvalue weighted by molar-refractivity contribution is 0.483.